The first-order valence-electron chi connectivity index (χ1n) is 41.3. The van der Waals surface area contributed by atoms with Gasteiger partial charge in [0, 0.05) is 12.8 Å². The summed E-state index contributed by atoms with van der Waals surface area (Å²) in [5.74, 6) is -2.27. The molecule has 0 aromatic rings. The summed E-state index contributed by atoms with van der Waals surface area (Å²) in [5.41, 5.74) is 0. The first-order chi connectivity index (χ1) is 48.6. The number of carboxylic acid groups (broad SMARTS) is 1. The minimum atomic E-state index is -1.63. The molecule has 0 radical (unpaired) electrons. The maximum atomic E-state index is 13.0. The monoisotopic (exact) mass is 1380 g/mol. The van der Waals surface area contributed by atoms with Gasteiger partial charge in [-0.15, -0.1) is 0 Å². The topological polar surface area (TPSA) is 111 Å². The Balaban J connectivity index is 4.03. The number of rotatable bonds is 76. The fraction of sp³-hybridized carbons (Fsp3) is 0.722. The third-order valence-corrected chi connectivity index (χ3v) is 17.9. The molecule has 568 valence electrons. The minimum absolute atomic E-state index is 0.144. The van der Waals surface area contributed by atoms with Gasteiger partial charge in [0.2, 0.25) is 0 Å². The molecule has 9 nitrogen and oxygen atoms in total. The third kappa shape index (κ3) is 80.6. The molecule has 0 amide bonds. The Morgan fingerprint density at radius 1 is 0.313 bits per heavy atom. The van der Waals surface area contributed by atoms with Gasteiger partial charge in [0.05, 0.1) is 40.3 Å². The molecule has 0 aromatic heterocycles. The highest BCUT2D eigenvalue weighted by atomic mass is 16.7. The molecule has 0 aliphatic heterocycles. The van der Waals surface area contributed by atoms with Crippen molar-refractivity contribution in [3.63, 3.8) is 0 Å². The number of hydrogen-bond acceptors (Lipinski definition) is 8. The number of nitrogens with zero attached hydrogens (tertiary/aromatic N) is 1. The maximum Gasteiger partial charge on any atom is 0.306 e. The Morgan fingerprint density at radius 3 is 0.859 bits per heavy atom. The van der Waals surface area contributed by atoms with Crippen LogP contribution in [0.2, 0.25) is 0 Å². The standard InChI is InChI=1S/C90H155NO8/c1-6-8-10-12-14-16-18-20-22-24-26-28-30-32-34-36-38-40-42-44-46-48-50-52-54-56-58-60-62-64-66-68-70-72-74-76-78-80-87(92)97-84-86(85-98-90(89(94)95)96-83-82-91(3,4)5)99-88(93)81-79-77-75-73-71-69-67-65-63-61-59-57-55-53-51-49-47-45-43-41-39-37-35-33-31-29-27-25-23-21-19-17-15-13-11-9-7-2/h9,11,15,17-18,20-21,23-24,26-27,29-30,32-33,35,39,41,45,47,51,53,86,90H,6-8,10,12-14,16,19,22,25,28,31,34,36-38,40,42-44,46,48-50,52,54-85H2,1-5H3/b11-9-,17-15-,20-18-,23-21-,26-24-,29-27-,32-30-,35-33-,41-39-,47-45-,53-51-. The summed E-state index contributed by atoms with van der Waals surface area (Å²) in [5, 5.41) is 11.9. The predicted octanol–water partition coefficient (Wildman–Crippen LogP) is 25.5. The van der Waals surface area contributed by atoms with Crippen molar-refractivity contribution in [2.45, 2.75) is 373 Å². The highest BCUT2D eigenvalue weighted by molar-refractivity contribution is 5.70. The quantitative estimate of drug-likeness (QED) is 0.0195. The molecular weight excluding hydrogens is 1220 g/mol. The molecule has 0 bridgehead atoms. The number of carboxylic acids is 1. The molecule has 0 fully saturated rings. The van der Waals surface area contributed by atoms with Gasteiger partial charge in [0.15, 0.2) is 12.4 Å². The number of unbranched alkanes of at least 4 members (excludes halogenated alkanes) is 39. The van der Waals surface area contributed by atoms with Gasteiger partial charge >= 0.3 is 11.9 Å². The molecule has 0 rings (SSSR count). The van der Waals surface area contributed by atoms with Gasteiger partial charge in [-0.1, -0.05) is 366 Å². The number of carbonyl (C=O) groups is 3. The van der Waals surface area contributed by atoms with E-state index >= 15 is 0 Å². The van der Waals surface area contributed by atoms with Gasteiger partial charge in [-0.2, -0.15) is 0 Å². The number of quaternary nitrogens is 1. The second-order valence-corrected chi connectivity index (χ2v) is 28.7. The summed E-state index contributed by atoms with van der Waals surface area (Å²) < 4.78 is 22.9. The van der Waals surface area contributed by atoms with Crippen LogP contribution in [-0.2, 0) is 33.3 Å². The van der Waals surface area contributed by atoms with Crippen molar-refractivity contribution in [2.75, 3.05) is 47.5 Å². The van der Waals surface area contributed by atoms with E-state index in [2.05, 4.69) is 148 Å². The first kappa shape index (κ1) is 94.4. The smallest absolute Gasteiger partial charge is 0.306 e. The van der Waals surface area contributed by atoms with E-state index in [-0.39, 0.29) is 32.2 Å². The molecule has 0 aromatic carbocycles. The Labute approximate surface area is 611 Å². The van der Waals surface area contributed by atoms with Crippen LogP contribution in [0.1, 0.15) is 361 Å². The van der Waals surface area contributed by atoms with Crippen LogP contribution in [-0.4, -0.2) is 82.3 Å². The summed E-state index contributed by atoms with van der Waals surface area (Å²) in [6, 6.07) is 0. The Kier molecular flexibility index (Phi) is 75.5. The van der Waals surface area contributed by atoms with Gasteiger partial charge in [0.25, 0.3) is 0 Å². The van der Waals surface area contributed by atoms with E-state index < -0.39 is 24.3 Å². The molecular formula is C90H155NO8. The van der Waals surface area contributed by atoms with Gasteiger partial charge < -0.3 is 33.3 Å². The van der Waals surface area contributed by atoms with Crippen LogP contribution in [0.3, 0.4) is 0 Å². The van der Waals surface area contributed by atoms with Crippen LogP contribution in [0.25, 0.3) is 0 Å². The average Bonchev–Trinajstić information content (AvgIpc) is 2.19. The number of esters is 2. The summed E-state index contributed by atoms with van der Waals surface area (Å²) in [6.45, 7) is 4.65. The van der Waals surface area contributed by atoms with Crippen molar-refractivity contribution >= 4 is 17.9 Å². The molecule has 0 aliphatic rings. The predicted molar refractivity (Wildman–Crippen MR) is 426 cm³/mol. The molecule has 2 atom stereocenters. The van der Waals surface area contributed by atoms with E-state index in [0.717, 1.165) is 103 Å². The lowest BCUT2D eigenvalue weighted by Gasteiger charge is -2.26. The highest BCUT2D eigenvalue weighted by Gasteiger charge is 2.22. The molecule has 9 heteroatoms. The van der Waals surface area contributed by atoms with Crippen molar-refractivity contribution in [1.29, 1.82) is 0 Å². The van der Waals surface area contributed by atoms with Crippen LogP contribution in [0.5, 0.6) is 0 Å². The molecule has 0 heterocycles. The van der Waals surface area contributed by atoms with Crippen molar-refractivity contribution in [1.82, 2.24) is 0 Å². The normalized spacial score (nSPS) is 13.3. The first-order valence-corrected chi connectivity index (χ1v) is 41.3. The van der Waals surface area contributed by atoms with Crippen LogP contribution in [0, 0.1) is 0 Å². The maximum absolute atomic E-state index is 13.0. The van der Waals surface area contributed by atoms with E-state index in [1.807, 2.05) is 21.1 Å². The van der Waals surface area contributed by atoms with E-state index in [1.165, 1.54) is 225 Å². The lowest BCUT2D eigenvalue weighted by Crippen LogP contribution is -2.44. The molecule has 0 saturated heterocycles. The summed E-state index contributed by atoms with van der Waals surface area (Å²) in [4.78, 5) is 37.6. The summed E-state index contributed by atoms with van der Waals surface area (Å²) in [7, 11) is 5.94. The second kappa shape index (κ2) is 79.1. The van der Waals surface area contributed by atoms with E-state index in [9.17, 15) is 19.5 Å². The van der Waals surface area contributed by atoms with Crippen molar-refractivity contribution in [2.24, 2.45) is 0 Å². The Morgan fingerprint density at radius 2 is 0.576 bits per heavy atom. The summed E-state index contributed by atoms with van der Waals surface area (Å²) in [6.07, 6.45) is 111. The SMILES string of the molecule is CC/C=C\C/C=C\C/C=C\C/C=C\C/C=C\C/C=C\C/C=C\C/C=C\CCCCCCCCCCCCCCC(=O)OC(COC(=O)CCCCCCCCCCCCCCCCCCCCCCCC/C=C\C/C=C\C/C=C\CCCCCCC)COC(OCC[N+](C)(C)C)C(=O)[O-]. The zero-order valence-corrected chi connectivity index (χ0v) is 65.1. The number of likely N-dealkylation sites (N-methyl/N-ethyl adjacent to an activating group) is 1. The van der Waals surface area contributed by atoms with E-state index in [0.29, 0.717) is 23.9 Å². The molecule has 0 saturated carbocycles. The van der Waals surface area contributed by atoms with Gasteiger partial charge in [-0.3, -0.25) is 9.59 Å². The number of carbonyl (C=O) groups excluding carboxylic acids is 3. The summed E-state index contributed by atoms with van der Waals surface area (Å²) >= 11 is 0. The van der Waals surface area contributed by atoms with Gasteiger partial charge in [0.1, 0.15) is 13.2 Å². The van der Waals surface area contributed by atoms with E-state index in [1.54, 1.807) is 0 Å². The minimum Gasteiger partial charge on any atom is -0.545 e. The molecule has 99 heavy (non-hydrogen) atoms. The fourth-order valence-corrected chi connectivity index (χ4v) is 11.6. The number of allylic oxidation sites excluding steroid dienone is 22. The molecule has 0 aliphatic carbocycles. The van der Waals surface area contributed by atoms with Gasteiger partial charge in [-0.05, 0) is 116 Å². The largest absolute Gasteiger partial charge is 0.545 e. The van der Waals surface area contributed by atoms with Crippen LogP contribution in [0.15, 0.2) is 134 Å². The van der Waals surface area contributed by atoms with E-state index in [4.69, 9.17) is 18.9 Å². The Bertz CT molecular complexity index is 2100. The van der Waals surface area contributed by atoms with Crippen molar-refractivity contribution in [3.05, 3.63) is 134 Å². The van der Waals surface area contributed by atoms with Crippen LogP contribution >= 0.6 is 0 Å². The molecule has 0 spiro atoms. The van der Waals surface area contributed by atoms with Crippen molar-refractivity contribution < 1.29 is 42.9 Å². The van der Waals surface area contributed by atoms with Crippen LogP contribution in [0.4, 0.5) is 0 Å². The van der Waals surface area contributed by atoms with Crippen molar-refractivity contribution in [3.8, 4) is 0 Å². The Hall–Kier alpha value is -4.57. The third-order valence-electron chi connectivity index (χ3n) is 17.9. The lowest BCUT2D eigenvalue weighted by molar-refractivity contribution is -0.870. The van der Waals surface area contributed by atoms with Gasteiger partial charge in [-0.25, -0.2) is 0 Å². The number of hydrogen-bond donors (Lipinski definition) is 0. The molecule has 2 unspecified atom stereocenters. The second-order valence-electron chi connectivity index (χ2n) is 28.7. The fourth-order valence-electron chi connectivity index (χ4n) is 11.6. The number of ether oxygens (including phenoxy) is 4. The lowest BCUT2D eigenvalue weighted by atomic mass is 10.0. The zero-order chi connectivity index (χ0) is 71.8. The average molecular weight is 1380 g/mol. The van der Waals surface area contributed by atoms with Crippen LogP contribution < -0.4 is 5.11 Å². The highest BCUT2D eigenvalue weighted by Crippen LogP contribution is 2.19. The number of aliphatic carboxylic acids is 1. The zero-order valence-electron chi connectivity index (χ0n) is 65.1. The molecule has 0 N–H and O–H groups in total.